The SMILES string of the molecule is Cc1ccc(NC(=O)C2[C@@H]3CCCC[C@@H]23)cc1. The van der Waals surface area contributed by atoms with E-state index in [4.69, 9.17) is 0 Å². The van der Waals surface area contributed by atoms with E-state index in [9.17, 15) is 4.79 Å². The average Bonchev–Trinajstić information content (AvgIpc) is 3.06. The third-order valence-corrected chi connectivity index (χ3v) is 4.28. The van der Waals surface area contributed by atoms with Crippen molar-refractivity contribution in [2.75, 3.05) is 5.32 Å². The van der Waals surface area contributed by atoms with E-state index in [0.717, 1.165) is 5.69 Å². The second kappa shape index (κ2) is 4.17. The highest BCUT2D eigenvalue weighted by molar-refractivity contribution is 5.94. The number of carbonyl (C=O) groups is 1. The fourth-order valence-electron chi connectivity index (χ4n) is 3.24. The van der Waals surface area contributed by atoms with Gasteiger partial charge in [-0.25, -0.2) is 0 Å². The van der Waals surface area contributed by atoms with Crippen LogP contribution in [0.1, 0.15) is 31.2 Å². The van der Waals surface area contributed by atoms with Crippen molar-refractivity contribution in [3.63, 3.8) is 0 Å². The Morgan fingerprint density at radius 1 is 1.12 bits per heavy atom. The van der Waals surface area contributed by atoms with Crippen molar-refractivity contribution in [1.82, 2.24) is 0 Å². The number of nitrogens with one attached hydrogen (secondary N) is 1. The molecule has 0 aromatic heterocycles. The second-order valence-corrected chi connectivity index (χ2v) is 5.49. The zero-order valence-electron chi connectivity index (χ0n) is 10.3. The van der Waals surface area contributed by atoms with Gasteiger partial charge in [0.2, 0.25) is 5.91 Å². The standard InChI is InChI=1S/C15H19NO/c1-10-6-8-11(9-7-10)16-15(17)14-12-4-2-3-5-13(12)14/h6-9,12-14H,2-5H2,1H3,(H,16,17)/t12-,13-/m1/s1. The maximum absolute atomic E-state index is 12.1. The number of amides is 1. The largest absolute Gasteiger partial charge is 0.326 e. The van der Waals surface area contributed by atoms with Crippen LogP contribution in [0.15, 0.2) is 24.3 Å². The fourth-order valence-corrected chi connectivity index (χ4v) is 3.24. The maximum atomic E-state index is 12.1. The van der Waals surface area contributed by atoms with E-state index < -0.39 is 0 Å². The van der Waals surface area contributed by atoms with Crippen molar-refractivity contribution >= 4 is 11.6 Å². The van der Waals surface area contributed by atoms with E-state index in [1.54, 1.807) is 0 Å². The summed E-state index contributed by atoms with van der Waals surface area (Å²) in [5.41, 5.74) is 2.16. The quantitative estimate of drug-likeness (QED) is 0.827. The van der Waals surface area contributed by atoms with Crippen LogP contribution < -0.4 is 5.32 Å². The molecule has 1 aromatic rings. The van der Waals surface area contributed by atoms with E-state index in [1.165, 1.54) is 31.2 Å². The Kier molecular flexibility index (Phi) is 2.65. The van der Waals surface area contributed by atoms with Crippen LogP contribution >= 0.6 is 0 Å². The van der Waals surface area contributed by atoms with Crippen LogP contribution in [0, 0.1) is 24.7 Å². The van der Waals surface area contributed by atoms with Crippen LogP contribution in [-0.2, 0) is 4.79 Å². The van der Waals surface area contributed by atoms with E-state index in [-0.39, 0.29) is 5.91 Å². The Morgan fingerprint density at radius 3 is 2.29 bits per heavy atom. The summed E-state index contributed by atoms with van der Waals surface area (Å²) in [6.07, 6.45) is 5.15. The molecule has 2 heteroatoms. The monoisotopic (exact) mass is 229 g/mol. The Labute approximate surface area is 102 Å². The molecule has 1 N–H and O–H groups in total. The fraction of sp³-hybridized carbons (Fsp3) is 0.533. The first-order valence-electron chi connectivity index (χ1n) is 6.63. The molecule has 2 atom stereocenters. The third-order valence-electron chi connectivity index (χ3n) is 4.28. The molecule has 0 bridgehead atoms. The minimum atomic E-state index is 0.241. The van der Waals surface area contributed by atoms with Crippen LogP contribution in [-0.4, -0.2) is 5.91 Å². The van der Waals surface area contributed by atoms with Crippen molar-refractivity contribution in [2.24, 2.45) is 17.8 Å². The van der Waals surface area contributed by atoms with Gasteiger partial charge in [0, 0.05) is 11.6 Å². The molecule has 0 heterocycles. The molecule has 1 aromatic carbocycles. The molecule has 0 spiro atoms. The summed E-state index contributed by atoms with van der Waals surface area (Å²) in [6, 6.07) is 8.05. The molecule has 1 amide bonds. The van der Waals surface area contributed by atoms with Crippen LogP contribution in [0.25, 0.3) is 0 Å². The number of rotatable bonds is 2. The van der Waals surface area contributed by atoms with Gasteiger partial charge in [0.15, 0.2) is 0 Å². The van der Waals surface area contributed by atoms with E-state index in [2.05, 4.69) is 12.2 Å². The minimum absolute atomic E-state index is 0.241. The Bertz CT molecular complexity index is 411. The van der Waals surface area contributed by atoms with Crippen LogP contribution in [0.5, 0.6) is 0 Å². The number of benzene rings is 1. The Morgan fingerprint density at radius 2 is 1.71 bits per heavy atom. The molecule has 2 aliphatic carbocycles. The lowest BCUT2D eigenvalue weighted by atomic mass is 10.0. The summed E-state index contributed by atoms with van der Waals surface area (Å²) in [6.45, 7) is 2.06. The molecule has 3 rings (SSSR count). The predicted molar refractivity (Wildman–Crippen MR) is 68.7 cm³/mol. The van der Waals surface area contributed by atoms with Gasteiger partial charge in [0.05, 0.1) is 0 Å². The molecule has 90 valence electrons. The summed E-state index contributed by atoms with van der Waals surface area (Å²) < 4.78 is 0. The van der Waals surface area contributed by atoms with Crippen molar-refractivity contribution in [2.45, 2.75) is 32.6 Å². The number of aryl methyl sites for hydroxylation is 1. The molecule has 17 heavy (non-hydrogen) atoms. The highest BCUT2D eigenvalue weighted by atomic mass is 16.2. The molecule has 0 unspecified atom stereocenters. The number of carbonyl (C=O) groups excluding carboxylic acids is 1. The third kappa shape index (κ3) is 2.08. The molecule has 0 saturated heterocycles. The summed E-state index contributed by atoms with van der Waals surface area (Å²) in [5, 5.41) is 3.05. The lowest BCUT2D eigenvalue weighted by Gasteiger charge is -2.04. The van der Waals surface area contributed by atoms with Gasteiger partial charge in [-0.1, -0.05) is 30.5 Å². The predicted octanol–water partition coefficient (Wildman–Crippen LogP) is 3.37. The second-order valence-electron chi connectivity index (χ2n) is 5.49. The highest BCUT2D eigenvalue weighted by Gasteiger charge is 2.54. The highest BCUT2D eigenvalue weighted by Crippen LogP contribution is 2.55. The first-order valence-corrected chi connectivity index (χ1v) is 6.63. The van der Waals surface area contributed by atoms with E-state index >= 15 is 0 Å². The normalized spacial score (nSPS) is 30.5. The van der Waals surface area contributed by atoms with Gasteiger partial charge < -0.3 is 5.32 Å². The number of hydrogen-bond acceptors (Lipinski definition) is 1. The van der Waals surface area contributed by atoms with Gasteiger partial charge >= 0.3 is 0 Å². The Balaban J connectivity index is 1.62. The van der Waals surface area contributed by atoms with Crippen molar-refractivity contribution in [1.29, 1.82) is 0 Å². The molecule has 2 aliphatic rings. The first kappa shape index (κ1) is 10.8. The molecular formula is C15H19NO. The lowest BCUT2D eigenvalue weighted by molar-refractivity contribution is -0.117. The molecule has 0 aliphatic heterocycles. The summed E-state index contributed by atoms with van der Waals surface area (Å²) in [4.78, 5) is 12.1. The smallest absolute Gasteiger partial charge is 0.228 e. The zero-order valence-corrected chi connectivity index (χ0v) is 10.3. The van der Waals surface area contributed by atoms with Crippen LogP contribution in [0.2, 0.25) is 0 Å². The van der Waals surface area contributed by atoms with E-state index in [1.807, 2.05) is 24.3 Å². The van der Waals surface area contributed by atoms with Crippen LogP contribution in [0.3, 0.4) is 0 Å². The number of anilines is 1. The van der Waals surface area contributed by atoms with Crippen molar-refractivity contribution in [3.8, 4) is 0 Å². The number of hydrogen-bond donors (Lipinski definition) is 1. The van der Waals surface area contributed by atoms with Gasteiger partial charge in [-0.2, -0.15) is 0 Å². The summed E-state index contributed by atoms with van der Waals surface area (Å²) >= 11 is 0. The average molecular weight is 229 g/mol. The van der Waals surface area contributed by atoms with Crippen LogP contribution in [0.4, 0.5) is 5.69 Å². The first-order chi connectivity index (χ1) is 8.25. The maximum Gasteiger partial charge on any atom is 0.228 e. The minimum Gasteiger partial charge on any atom is -0.326 e. The zero-order chi connectivity index (χ0) is 11.8. The summed E-state index contributed by atoms with van der Waals surface area (Å²) in [5.74, 6) is 1.92. The molecular weight excluding hydrogens is 210 g/mol. The van der Waals surface area contributed by atoms with Crippen molar-refractivity contribution < 1.29 is 4.79 Å². The summed E-state index contributed by atoms with van der Waals surface area (Å²) in [7, 11) is 0. The molecule has 0 radical (unpaired) electrons. The van der Waals surface area contributed by atoms with Gasteiger partial charge in [-0.15, -0.1) is 0 Å². The van der Waals surface area contributed by atoms with Gasteiger partial charge in [-0.05, 0) is 43.7 Å². The van der Waals surface area contributed by atoms with E-state index in [0.29, 0.717) is 17.8 Å². The molecule has 2 fully saturated rings. The molecule has 2 saturated carbocycles. The van der Waals surface area contributed by atoms with Gasteiger partial charge in [0.1, 0.15) is 0 Å². The Hall–Kier alpha value is -1.31. The van der Waals surface area contributed by atoms with Crippen molar-refractivity contribution in [3.05, 3.63) is 29.8 Å². The number of fused-ring (bicyclic) bond motifs is 1. The van der Waals surface area contributed by atoms with Gasteiger partial charge in [-0.3, -0.25) is 4.79 Å². The van der Waals surface area contributed by atoms with Gasteiger partial charge in [0.25, 0.3) is 0 Å². The molecule has 2 nitrogen and oxygen atoms in total. The lowest BCUT2D eigenvalue weighted by Crippen LogP contribution is -2.15. The topological polar surface area (TPSA) is 29.1 Å².